The Morgan fingerprint density at radius 3 is 2.36 bits per heavy atom. The van der Waals surface area contributed by atoms with E-state index in [1.165, 1.54) is 0 Å². The van der Waals surface area contributed by atoms with Crippen molar-refractivity contribution in [3.05, 3.63) is 0 Å². The highest BCUT2D eigenvalue weighted by molar-refractivity contribution is 7.81. The first-order valence-electron chi connectivity index (χ1n) is 3.71. The van der Waals surface area contributed by atoms with Crippen molar-refractivity contribution in [2.24, 2.45) is 5.92 Å². The zero-order chi connectivity index (χ0) is 8.85. The van der Waals surface area contributed by atoms with Gasteiger partial charge in [0.1, 0.15) is 11.6 Å². The van der Waals surface area contributed by atoms with E-state index in [-0.39, 0.29) is 23.2 Å². The van der Waals surface area contributed by atoms with Gasteiger partial charge in [0.25, 0.3) is 0 Å². The van der Waals surface area contributed by atoms with Crippen molar-refractivity contribution in [3.63, 3.8) is 0 Å². The minimum atomic E-state index is 0.0128. The molecule has 0 spiro atoms. The van der Waals surface area contributed by atoms with E-state index >= 15 is 0 Å². The van der Waals surface area contributed by atoms with Crippen LogP contribution in [0.5, 0.6) is 0 Å². The summed E-state index contributed by atoms with van der Waals surface area (Å²) >= 11 is 3.84. The van der Waals surface area contributed by atoms with E-state index in [2.05, 4.69) is 12.6 Å². The fraction of sp³-hybridized carbons (Fsp3) is 0.750. The summed E-state index contributed by atoms with van der Waals surface area (Å²) in [4.78, 5) is 21.5. The molecular formula is C8H14O2S. The third kappa shape index (κ3) is 5.01. The van der Waals surface area contributed by atoms with Crippen LogP contribution < -0.4 is 0 Å². The topological polar surface area (TPSA) is 34.1 Å². The molecule has 0 radical (unpaired) electrons. The van der Waals surface area contributed by atoms with Gasteiger partial charge in [-0.2, -0.15) is 12.6 Å². The second kappa shape index (κ2) is 5.35. The maximum atomic E-state index is 10.8. The summed E-state index contributed by atoms with van der Waals surface area (Å²) in [7, 11) is 0. The van der Waals surface area contributed by atoms with E-state index in [0.717, 1.165) is 0 Å². The van der Waals surface area contributed by atoms with Crippen molar-refractivity contribution >= 4 is 24.2 Å². The number of ketones is 2. The molecule has 0 N–H and O–H groups in total. The van der Waals surface area contributed by atoms with Gasteiger partial charge in [0.15, 0.2) is 0 Å². The van der Waals surface area contributed by atoms with E-state index in [9.17, 15) is 9.59 Å². The zero-order valence-electron chi connectivity index (χ0n) is 6.96. The minimum absolute atomic E-state index is 0.0128. The van der Waals surface area contributed by atoms with E-state index in [1.807, 2.05) is 6.92 Å². The molecule has 0 heterocycles. The third-order valence-electron chi connectivity index (χ3n) is 1.73. The van der Waals surface area contributed by atoms with Gasteiger partial charge in [-0.25, -0.2) is 0 Å². The lowest BCUT2D eigenvalue weighted by molar-refractivity contribution is -0.121. The maximum Gasteiger partial charge on any atom is 0.142 e. The minimum Gasteiger partial charge on any atom is -0.300 e. The Hall–Kier alpha value is -0.310. The van der Waals surface area contributed by atoms with Crippen molar-refractivity contribution in [3.8, 4) is 0 Å². The predicted octanol–water partition coefficient (Wildman–Crippen LogP) is 1.49. The molecule has 3 heteroatoms. The zero-order valence-corrected chi connectivity index (χ0v) is 7.86. The Labute approximate surface area is 72.8 Å². The molecule has 64 valence electrons. The Kier molecular flexibility index (Phi) is 5.20. The number of carbonyl (C=O) groups excluding carboxylic acids is 2. The van der Waals surface area contributed by atoms with Crippen molar-refractivity contribution in [1.82, 2.24) is 0 Å². The van der Waals surface area contributed by atoms with E-state index < -0.39 is 0 Å². The molecule has 0 aliphatic heterocycles. The quantitative estimate of drug-likeness (QED) is 0.641. The largest absolute Gasteiger partial charge is 0.300 e. The molecule has 1 unspecified atom stereocenters. The van der Waals surface area contributed by atoms with Crippen LogP contribution in [0.2, 0.25) is 0 Å². The first kappa shape index (κ1) is 10.7. The smallest absolute Gasteiger partial charge is 0.142 e. The lowest BCUT2D eigenvalue weighted by Crippen LogP contribution is -2.09. The lowest BCUT2D eigenvalue weighted by Gasteiger charge is -2.04. The van der Waals surface area contributed by atoms with Gasteiger partial charge in [0, 0.05) is 18.1 Å². The molecule has 11 heavy (non-hydrogen) atoms. The molecule has 1 atom stereocenters. The predicted molar refractivity (Wildman–Crippen MR) is 47.9 cm³/mol. The monoisotopic (exact) mass is 174 g/mol. The fourth-order valence-corrected chi connectivity index (χ4v) is 0.818. The highest BCUT2D eigenvalue weighted by Gasteiger charge is 2.08. The van der Waals surface area contributed by atoms with Crippen LogP contribution in [0, 0.1) is 5.92 Å². The molecular weight excluding hydrogens is 160 g/mol. The normalized spacial score (nSPS) is 12.6. The van der Waals surface area contributed by atoms with Crippen LogP contribution in [0.1, 0.15) is 26.7 Å². The Bertz CT molecular complexity index is 154. The van der Waals surface area contributed by atoms with Gasteiger partial charge >= 0.3 is 0 Å². The van der Waals surface area contributed by atoms with Gasteiger partial charge in [-0.3, -0.25) is 9.59 Å². The first-order valence-corrected chi connectivity index (χ1v) is 4.34. The molecule has 0 aliphatic rings. The summed E-state index contributed by atoms with van der Waals surface area (Å²) in [5.74, 6) is 0.558. The number of hydrogen-bond acceptors (Lipinski definition) is 3. The lowest BCUT2D eigenvalue weighted by atomic mass is 10.0. The van der Waals surface area contributed by atoms with Crippen molar-refractivity contribution < 1.29 is 9.59 Å². The average Bonchev–Trinajstić information content (AvgIpc) is 1.99. The molecule has 0 saturated carbocycles. The Morgan fingerprint density at radius 1 is 1.45 bits per heavy atom. The van der Waals surface area contributed by atoms with Gasteiger partial charge in [-0.05, 0) is 13.3 Å². The average molecular weight is 174 g/mol. The summed E-state index contributed by atoms with van der Waals surface area (Å²) < 4.78 is 0. The molecule has 0 rings (SSSR count). The van der Waals surface area contributed by atoms with Crippen LogP contribution in [0.25, 0.3) is 0 Å². The summed E-state index contributed by atoms with van der Waals surface area (Å²) in [5, 5.41) is 0. The molecule has 0 aliphatic carbocycles. The highest BCUT2D eigenvalue weighted by atomic mass is 32.1. The molecule has 0 bridgehead atoms. The number of rotatable bonds is 5. The van der Waals surface area contributed by atoms with Crippen LogP contribution in [-0.2, 0) is 9.59 Å². The number of carbonyl (C=O) groups is 2. The summed E-state index contributed by atoms with van der Waals surface area (Å²) in [6.45, 7) is 3.39. The molecule has 0 aromatic heterocycles. The summed E-state index contributed by atoms with van der Waals surface area (Å²) in [5.41, 5.74) is 0. The van der Waals surface area contributed by atoms with Gasteiger partial charge in [0.05, 0.1) is 0 Å². The SMILES string of the molecule is CC(=O)C(C)CCC(=O)CS. The van der Waals surface area contributed by atoms with Gasteiger partial charge in [0.2, 0.25) is 0 Å². The molecule has 0 amide bonds. The van der Waals surface area contributed by atoms with Crippen LogP contribution >= 0.6 is 12.6 Å². The van der Waals surface area contributed by atoms with Gasteiger partial charge in [-0.1, -0.05) is 6.92 Å². The van der Waals surface area contributed by atoms with Crippen molar-refractivity contribution in [2.75, 3.05) is 5.75 Å². The fourth-order valence-electron chi connectivity index (χ4n) is 0.660. The third-order valence-corrected chi connectivity index (χ3v) is 2.08. The second-order valence-electron chi connectivity index (χ2n) is 2.75. The first-order chi connectivity index (χ1) is 5.07. The summed E-state index contributed by atoms with van der Waals surface area (Å²) in [6, 6.07) is 0. The number of thiol groups is 1. The Balaban J connectivity index is 3.54. The molecule has 0 aromatic rings. The van der Waals surface area contributed by atoms with E-state index in [0.29, 0.717) is 12.8 Å². The number of hydrogen-bond donors (Lipinski definition) is 1. The standard InChI is InChI=1S/C8H14O2S/c1-6(7(2)9)3-4-8(10)5-11/h6,11H,3-5H2,1-2H3. The Morgan fingerprint density at radius 2 is 2.00 bits per heavy atom. The van der Waals surface area contributed by atoms with Crippen molar-refractivity contribution in [1.29, 1.82) is 0 Å². The van der Waals surface area contributed by atoms with E-state index in [4.69, 9.17) is 0 Å². The summed E-state index contributed by atoms with van der Waals surface area (Å²) in [6.07, 6.45) is 1.14. The second-order valence-corrected chi connectivity index (χ2v) is 3.06. The molecule has 0 fully saturated rings. The van der Waals surface area contributed by atoms with Crippen LogP contribution in [0.4, 0.5) is 0 Å². The molecule has 2 nitrogen and oxygen atoms in total. The number of Topliss-reactive ketones (excluding diaryl/α,β-unsaturated/α-hetero) is 2. The van der Waals surface area contributed by atoms with Gasteiger partial charge in [-0.15, -0.1) is 0 Å². The van der Waals surface area contributed by atoms with Crippen LogP contribution in [0.3, 0.4) is 0 Å². The highest BCUT2D eigenvalue weighted by Crippen LogP contribution is 2.06. The van der Waals surface area contributed by atoms with E-state index in [1.54, 1.807) is 6.92 Å². The molecule has 0 saturated heterocycles. The maximum absolute atomic E-state index is 10.8. The van der Waals surface area contributed by atoms with Crippen LogP contribution in [-0.4, -0.2) is 17.3 Å². The molecule has 0 aromatic carbocycles. The van der Waals surface area contributed by atoms with Gasteiger partial charge < -0.3 is 0 Å². The van der Waals surface area contributed by atoms with Crippen molar-refractivity contribution in [2.45, 2.75) is 26.7 Å². The van der Waals surface area contributed by atoms with Crippen LogP contribution in [0.15, 0.2) is 0 Å².